The van der Waals surface area contributed by atoms with Gasteiger partial charge >= 0.3 is 6.09 Å². The first kappa shape index (κ1) is 14.3. The molecule has 0 heterocycles. The van der Waals surface area contributed by atoms with Crippen molar-refractivity contribution in [3.05, 3.63) is 24.3 Å². The topological polar surface area (TPSA) is 93.5 Å². The fourth-order valence-corrected chi connectivity index (χ4v) is 2.20. The molecule has 1 aromatic rings. The van der Waals surface area contributed by atoms with Crippen LogP contribution in [0.3, 0.4) is 0 Å². The summed E-state index contributed by atoms with van der Waals surface area (Å²) in [6.45, 7) is 0.376. The zero-order valence-corrected chi connectivity index (χ0v) is 11.4. The lowest BCUT2D eigenvalue weighted by atomic mass is 9.68. The minimum Gasteiger partial charge on any atom is -0.453 e. The van der Waals surface area contributed by atoms with Crippen molar-refractivity contribution in [2.75, 3.05) is 24.3 Å². The van der Waals surface area contributed by atoms with E-state index in [2.05, 4.69) is 15.4 Å². The number of hydrogen-bond acceptors (Lipinski definition) is 4. The number of amides is 2. The third-order valence-corrected chi connectivity index (χ3v) is 3.76. The molecule has 2 amide bonds. The van der Waals surface area contributed by atoms with E-state index < -0.39 is 11.5 Å². The van der Waals surface area contributed by atoms with Crippen molar-refractivity contribution < 1.29 is 14.3 Å². The Bertz CT molecular complexity index is 489. The van der Waals surface area contributed by atoms with Crippen molar-refractivity contribution in [3.8, 4) is 0 Å². The molecule has 4 N–H and O–H groups in total. The van der Waals surface area contributed by atoms with Crippen molar-refractivity contribution in [2.45, 2.75) is 19.3 Å². The molecular weight excluding hydrogens is 258 g/mol. The van der Waals surface area contributed by atoms with Gasteiger partial charge in [0.05, 0.1) is 12.5 Å². The summed E-state index contributed by atoms with van der Waals surface area (Å²) in [6.07, 6.45) is 2.21. The summed E-state index contributed by atoms with van der Waals surface area (Å²) in [5.74, 6) is -0.0278. The minimum atomic E-state index is -0.529. The van der Waals surface area contributed by atoms with Crippen LogP contribution >= 0.6 is 0 Å². The lowest BCUT2D eigenvalue weighted by molar-refractivity contribution is -0.129. The van der Waals surface area contributed by atoms with Crippen molar-refractivity contribution in [2.24, 2.45) is 11.1 Å². The van der Waals surface area contributed by atoms with Crippen LogP contribution in [0.4, 0.5) is 16.2 Å². The molecule has 6 heteroatoms. The molecule has 0 unspecified atom stereocenters. The fourth-order valence-electron chi connectivity index (χ4n) is 2.20. The van der Waals surface area contributed by atoms with Crippen LogP contribution in [-0.2, 0) is 9.53 Å². The maximum Gasteiger partial charge on any atom is 0.411 e. The number of carbonyl (C=O) groups is 2. The molecule has 108 valence electrons. The van der Waals surface area contributed by atoms with Gasteiger partial charge in [0.2, 0.25) is 5.91 Å². The van der Waals surface area contributed by atoms with Crippen molar-refractivity contribution in [3.63, 3.8) is 0 Å². The van der Waals surface area contributed by atoms with Gasteiger partial charge in [-0.3, -0.25) is 10.1 Å². The van der Waals surface area contributed by atoms with Crippen LogP contribution in [-0.4, -0.2) is 25.7 Å². The van der Waals surface area contributed by atoms with Gasteiger partial charge in [-0.05, 0) is 37.1 Å². The van der Waals surface area contributed by atoms with Gasteiger partial charge in [0.1, 0.15) is 0 Å². The summed E-state index contributed by atoms with van der Waals surface area (Å²) in [5.41, 5.74) is 6.58. The Hall–Kier alpha value is -2.08. The number of ether oxygens (including phenoxy) is 1. The van der Waals surface area contributed by atoms with Crippen LogP contribution < -0.4 is 16.4 Å². The Balaban J connectivity index is 1.97. The Kier molecular flexibility index (Phi) is 4.24. The summed E-state index contributed by atoms with van der Waals surface area (Å²) in [4.78, 5) is 23.2. The quantitative estimate of drug-likeness (QED) is 0.784. The number of carbonyl (C=O) groups excluding carboxylic acids is 2. The zero-order chi connectivity index (χ0) is 14.6. The molecule has 0 atom stereocenters. The van der Waals surface area contributed by atoms with Crippen LogP contribution in [0, 0.1) is 5.41 Å². The number of nitrogens with two attached hydrogens (primary N) is 1. The van der Waals surface area contributed by atoms with Gasteiger partial charge in [-0.2, -0.15) is 0 Å². The van der Waals surface area contributed by atoms with Crippen LogP contribution in [0.15, 0.2) is 24.3 Å². The molecule has 0 spiro atoms. The second kappa shape index (κ2) is 5.92. The van der Waals surface area contributed by atoms with Gasteiger partial charge < -0.3 is 15.8 Å². The lowest BCUT2D eigenvalue weighted by Gasteiger charge is -2.39. The zero-order valence-electron chi connectivity index (χ0n) is 11.4. The first-order valence-electron chi connectivity index (χ1n) is 6.56. The minimum absolute atomic E-state index is 0.0278. The molecule has 0 saturated heterocycles. The Morgan fingerprint density at radius 3 is 2.15 bits per heavy atom. The summed E-state index contributed by atoms with van der Waals surface area (Å²) in [5, 5.41) is 5.41. The number of rotatable bonds is 4. The highest BCUT2D eigenvalue weighted by molar-refractivity contribution is 5.96. The average molecular weight is 277 g/mol. The van der Waals surface area contributed by atoms with Crippen LogP contribution in [0.2, 0.25) is 0 Å². The molecule has 0 aliphatic heterocycles. The second-order valence-corrected chi connectivity index (χ2v) is 4.99. The first-order chi connectivity index (χ1) is 9.59. The average Bonchev–Trinajstić information content (AvgIpc) is 2.40. The Morgan fingerprint density at radius 1 is 1.20 bits per heavy atom. The molecule has 1 saturated carbocycles. The maximum atomic E-state index is 12.2. The number of hydrogen-bond donors (Lipinski definition) is 3. The number of methoxy groups -OCH3 is 1. The van der Waals surface area contributed by atoms with E-state index in [4.69, 9.17) is 5.73 Å². The van der Waals surface area contributed by atoms with E-state index in [9.17, 15) is 9.59 Å². The third-order valence-electron chi connectivity index (χ3n) is 3.76. The molecular formula is C14H19N3O3. The number of nitrogens with one attached hydrogen (secondary N) is 2. The third kappa shape index (κ3) is 2.91. The molecule has 1 aliphatic carbocycles. The normalized spacial score (nSPS) is 15.9. The predicted octanol–water partition coefficient (Wildman–Crippen LogP) is 1.93. The van der Waals surface area contributed by atoms with E-state index >= 15 is 0 Å². The SMILES string of the molecule is COC(=O)Nc1ccc(NC(=O)C2(CN)CCC2)cc1. The molecule has 1 fully saturated rings. The summed E-state index contributed by atoms with van der Waals surface area (Å²) < 4.78 is 4.50. The monoisotopic (exact) mass is 277 g/mol. The highest BCUT2D eigenvalue weighted by atomic mass is 16.5. The van der Waals surface area contributed by atoms with Crippen LogP contribution in [0.25, 0.3) is 0 Å². The van der Waals surface area contributed by atoms with Gasteiger partial charge in [0.15, 0.2) is 0 Å². The van der Waals surface area contributed by atoms with Crippen molar-refractivity contribution in [1.82, 2.24) is 0 Å². The highest BCUT2D eigenvalue weighted by Gasteiger charge is 2.42. The van der Waals surface area contributed by atoms with E-state index in [1.165, 1.54) is 7.11 Å². The molecule has 20 heavy (non-hydrogen) atoms. The molecule has 1 aromatic carbocycles. The lowest BCUT2D eigenvalue weighted by Crippen LogP contribution is -2.47. The molecule has 2 rings (SSSR count). The van der Waals surface area contributed by atoms with Gasteiger partial charge in [-0.15, -0.1) is 0 Å². The molecule has 1 aliphatic rings. The van der Waals surface area contributed by atoms with Crippen molar-refractivity contribution >= 4 is 23.4 Å². The number of anilines is 2. The molecule has 0 radical (unpaired) electrons. The van der Waals surface area contributed by atoms with E-state index in [0.717, 1.165) is 19.3 Å². The molecule has 0 bridgehead atoms. The van der Waals surface area contributed by atoms with E-state index in [1.54, 1.807) is 24.3 Å². The predicted molar refractivity (Wildman–Crippen MR) is 76.4 cm³/mol. The Morgan fingerprint density at radius 2 is 1.75 bits per heavy atom. The summed E-state index contributed by atoms with van der Waals surface area (Å²) in [6, 6.07) is 6.85. The second-order valence-electron chi connectivity index (χ2n) is 4.99. The summed E-state index contributed by atoms with van der Waals surface area (Å²) in [7, 11) is 1.30. The van der Waals surface area contributed by atoms with Crippen molar-refractivity contribution in [1.29, 1.82) is 0 Å². The molecule has 6 nitrogen and oxygen atoms in total. The highest BCUT2D eigenvalue weighted by Crippen LogP contribution is 2.40. The first-order valence-corrected chi connectivity index (χ1v) is 6.56. The smallest absolute Gasteiger partial charge is 0.411 e. The Labute approximate surface area is 117 Å². The van der Waals surface area contributed by atoms with Crippen LogP contribution in [0.1, 0.15) is 19.3 Å². The molecule has 0 aromatic heterocycles. The van der Waals surface area contributed by atoms with Gasteiger partial charge in [0, 0.05) is 17.9 Å². The van der Waals surface area contributed by atoms with Gasteiger partial charge in [-0.1, -0.05) is 6.42 Å². The largest absolute Gasteiger partial charge is 0.453 e. The maximum absolute atomic E-state index is 12.2. The van der Waals surface area contributed by atoms with Gasteiger partial charge in [-0.25, -0.2) is 4.79 Å². The van der Waals surface area contributed by atoms with E-state index in [-0.39, 0.29) is 5.91 Å². The van der Waals surface area contributed by atoms with E-state index in [1.807, 2.05) is 0 Å². The van der Waals surface area contributed by atoms with E-state index in [0.29, 0.717) is 17.9 Å². The fraction of sp³-hybridized carbons (Fsp3) is 0.429. The number of benzene rings is 1. The van der Waals surface area contributed by atoms with Crippen LogP contribution in [0.5, 0.6) is 0 Å². The summed E-state index contributed by atoms with van der Waals surface area (Å²) >= 11 is 0. The standard InChI is InChI=1S/C14H19N3O3/c1-20-13(19)17-11-5-3-10(4-6-11)16-12(18)14(9-15)7-2-8-14/h3-6H,2,7-9,15H2,1H3,(H,16,18)(H,17,19). The van der Waals surface area contributed by atoms with Gasteiger partial charge in [0.25, 0.3) is 0 Å².